The first-order valence-electron chi connectivity index (χ1n) is 5.51. The molecule has 0 atom stereocenters. The summed E-state index contributed by atoms with van der Waals surface area (Å²) in [6.45, 7) is 1.74. The van der Waals surface area contributed by atoms with E-state index in [9.17, 15) is 9.59 Å². The Morgan fingerprint density at radius 2 is 2.26 bits per heavy atom. The van der Waals surface area contributed by atoms with Gasteiger partial charge in [-0.15, -0.1) is 0 Å². The first-order valence-corrected chi connectivity index (χ1v) is 5.51. The monoisotopic (exact) mass is 266 g/mol. The predicted octanol–water partition coefficient (Wildman–Crippen LogP) is -0.0525. The topological polar surface area (TPSA) is 108 Å². The highest BCUT2D eigenvalue weighted by Gasteiger charge is 2.15. The van der Waals surface area contributed by atoms with Crippen LogP contribution >= 0.6 is 0 Å². The molecule has 0 aromatic carbocycles. The third-order valence-corrected chi connectivity index (χ3v) is 2.03. The van der Waals surface area contributed by atoms with Gasteiger partial charge in [-0.05, 0) is 6.92 Å². The number of ether oxygens (including phenoxy) is 1. The zero-order valence-corrected chi connectivity index (χ0v) is 10.9. The van der Waals surface area contributed by atoms with Gasteiger partial charge < -0.3 is 19.4 Å². The first-order chi connectivity index (χ1) is 8.99. The zero-order chi connectivity index (χ0) is 14.4. The summed E-state index contributed by atoms with van der Waals surface area (Å²) in [6, 6.07) is 1.72. The summed E-state index contributed by atoms with van der Waals surface area (Å²) in [7, 11) is 3.26. The van der Waals surface area contributed by atoms with Gasteiger partial charge in [0.2, 0.25) is 0 Å². The van der Waals surface area contributed by atoms with E-state index in [1.165, 1.54) is 4.90 Å². The first kappa shape index (κ1) is 14.5. The summed E-state index contributed by atoms with van der Waals surface area (Å²) in [5, 5.41) is 11.5. The molecule has 0 saturated carbocycles. The minimum absolute atomic E-state index is 0.00416. The Labute approximate surface area is 109 Å². The molecule has 1 heterocycles. The number of nitrogens with one attached hydrogen (secondary N) is 1. The normalized spacial score (nSPS) is 9.58. The Kier molecular flexibility index (Phi) is 4.88. The average molecular weight is 266 g/mol. The van der Waals surface area contributed by atoms with Gasteiger partial charge in [0.05, 0.1) is 6.61 Å². The maximum atomic E-state index is 11.6. The van der Waals surface area contributed by atoms with Gasteiger partial charge in [-0.1, -0.05) is 0 Å². The molecule has 8 nitrogen and oxygen atoms in total. The van der Waals surface area contributed by atoms with Crippen molar-refractivity contribution in [3.63, 3.8) is 0 Å². The number of rotatable bonds is 5. The molecule has 102 valence electrons. The summed E-state index contributed by atoms with van der Waals surface area (Å²) >= 11 is 0. The maximum Gasteiger partial charge on any atom is 0.360 e. The van der Waals surface area contributed by atoms with Gasteiger partial charge in [0.15, 0.2) is 11.4 Å². The molecule has 0 saturated heterocycles. The SMILES string of the molecule is CCOC(=O)CNc1nc(N(C)C)oc(=O)c1C#N. The largest absolute Gasteiger partial charge is 0.465 e. The summed E-state index contributed by atoms with van der Waals surface area (Å²) in [4.78, 5) is 28.2. The minimum atomic E-state index is -0.812. The molecule has 19 heavy (non-hydrogen) atoms. The molecule has 1 aromatic rings. The van der Waals surface area contributed by atoms with Crippen LogP contribution in [-0.2, 0) is 9.53 Å². The number of esters is 1. The van der Waals surface area contributed by atoms with E-state index in [4.69, 9.17) is 14.4 Å². The van der Waals surface area contributed by atoms with E-state index in [1.54, 1.807) is 27.1 Å². The molecule has 1 N–H and O–H groups in total. The Balaban J connectivity index is 3.01. The van der Waals surface area contributed by atoms with E-state index in [0.717, 1.165) is 0 Å². The van der Waals surface area contributed by atoms with Crippen LogP contribution < -0.4 is 15.8 Å². The molecule has 0 amide bonds. The predicted molar refractivity (Wildman–Crippen MR) is 66.9 cm³/mol. The number of anilines is 2. The van der Waals surface area contributed by atoms with Crippen LogP contribution in [0.1, 0.15) is 12.5 Å². The van der Waals surface area contributed by atoms with Gasteiger partial charge in [-0.3, -0.25) is 4.79 Å². The van der Waals surface area contributed by atoms with Crippen molar-refractivity contribution in [2.24, 2.45) is 0 Å². The molecule has 0 aliphatic carbocycles. The lowest BCUT2D eigenvalue weighted by Gasteiger charge is -2.11. The zero-order valence-electron chi connectivity index (χ0n) is 10.9. The Bertz CT molecular complexity index is 559. The van der Waals surface area contributed by atoms with E-state index >= 15 is 0 Å². The summed E-state index contributed by atoms with van der Waals surface area (Å²) in [6.07, 6.45) is 0. The van der Waals surface area contributed by atoms with E-state index in [1.807, 2.05) is 0 Å². The van der Waals surface area contributed by atoms with Gasteiger partial charge in [0.25, 0.3) is 0 Å². The van der Waals surface area contributed by atoms with Crippen molar-refractivity contribution in [3.05, 3.63) is 16.0 Å². The van der Waals surface area contributed by atoms with Crippen LogP contribution in [0.15, 0.2) is 9.21 Å². The van der Waals surface area contributed by atoms with Gasteiger partial charge in [-0.2, -0.15) is 10.2 Å². The van der Waals surface area contributed by atoms with Crippen molar-refractivity contribution >= 4 is 17.8 Å². The fourth-order valence-corrected chi connectivity index (χ4v) is 1.19. The Hall–Kier alpha value is -2.56. The van der Waals surface area contributed by atoms with Crippen molar-refractivity contribution in [2.45, 2.75) is 6.92 Å². The van der Waals surface area contributed by atoms with Crippen LogP contribution in [0.3, 0.4) is 0 Å². The fourth-order valence-electron chi connectivity index (χ4n) is 1.19. The number of aromatic nitrogens is 1. The van der Waals surface area contributed by atoms with Crippen LogP contribution in [0, 0.1) is 11.3 Å². The van der Waals surface area contributed by atoms with Crippen LogP contribution in [0.5, 0.6) is 0 Å². The average Bonchev–Trinajstić information content (AvgIpc) is 2.36. The van der Waals surface area contributed by atoms with Crippen molar-refractivity contribution in [1.82, 2.24) is 4.98 Å². The smallest absolute Gasteiger partial charge is 0.360 e. The molecule has 1 rings (SSSR count). The second kappa shape index (κ2) is 6.39. The van der Waals surface area contributed by atoms with E-state index in [2.05, 4.69) is 10.3 Å². The summed E-state index contributed by atoms with van der Waals surface area (Å²) in [5.41, 5.74) is -1.09. The third kappa shape index (κ3) is 3.70. The highest BCUT2D eigenvalue weighted by molar-refractivity contribution is 5.75. The van der Waals surface area contributed by atoms with E-state index < -0.39 is 11.6 Å². The molecule has 1 aromatic heterocycles. The standard InChI is InChI=1S/C11H14N4O4/c1-4-18-8(16)6-13-9-7(5-12)10(17)19-11(14-9)15(2)3/h13H,4,6H2,1-3H3. The second-order valence-corrected chi connectivity index (χ2v) is 3.67. The molecular weight excluding hydrogens is 252 g/mol. The highest BCUT2D eigenvalue weighted by Crippen LogP contribution is 2.12. The summed E-state index contributed by atoms with van der Waals surface area (Å²) < 4.78 is 9.56. The minimum Gasteiger partial charge on any atom is -0.465 e. The van der Waals surface area contributed by atoms with Crippen LogP contribution in [0.2, 0.25) is 0 Å². The quantitative estimate of drug-likeness (QED) is 0.739. The number of nitriles is 1. The van der Waals surface area contributed by atoms with Crippen molar-refractivity contribution < 1.29 is 13.9 Å². The molecule has 8 heteroatoms. The number of hydrogen-bond acceptors (Lipinski definition) is 8. The third-order valence-electron chi connectivity index (χ3n) is 2.03. The van der Waals surface area contributed by atoms with Crippen LogP contribution in [0.4, 0.5) is 11.8 Å². The summed E-state index contributed by atoms with van der Waals surface area (Å²) in [5.74, 6) is -0.511. The Morgan fingerprint density at radius 1 is 1.58 bits per heavy atom. The molecule has 0 fully saturated rings. The van der Waals surface area contributed by atoms with Crippen LogP contribution in [-0.4, -0.2) is 38.2 Å². The molecule has 0 spiro atoms. The molecule has 0 radical (unpaired) electrons. The Morgan fingerprint density at radius 3 is 2.79 bits per heavy atom. The van der Waals surface area contributed by atoms with Gasteiger partial charge >= 0.3 is 17.6 Å². The van der Waals surface area contributed by atoms with Crippen molar-refractivity contribution in [1.29, 1.82) is 5.26 Å². The molecule has 0 aliphatic rings. The van der Waals surface area contributed by atoms with E-state index in [-0.39, 0.29) is 30.5 Å². The maximum absolute atomic E-state index is 11.6. The van der Waals surface area contributed by atoms with Crippen molar-refractivity contribution in [3.8, 4) is 6.07 Å². The van der Waals surface area contributed by atoms with Crippen LogP contribution in [0.25, 0.3) is 0 Å². The number of carbonyl (C=O) groups excluding carboxylic acids is 1. The highest BCUT2D eigenvalue weighted by atomic mass is 16.5. The fraction of sp³-hybridized carbons (Fsp3) is 0.455. The number of hydrogen-bond donors (Lipinski definition) is 1. The van der Waals surface area contributed by atoms with Crippen molar-refractivity contribution in [2.75, 3.05) is 37.5 Å². The second-order valence-electron chi connectivity index (χ2n) is 3.67. The molecule has 0 bridgehead atoms. The number of carbonyl (C=O) groups is 1. The lowest BCUT2D eigenvalue weighted by atomic mass is 10.3. The van der Waals surface area contributed by atoms with E-state index in [0.29, 0.717) is 0 Å². The van der Waals surface area contributed by atoms with Gasteiger partial charge in [0, 0.05) is 14.1 Å². The van der Waals surface area contributed by atoms with Gasteiger partial charge in [0.1, 0.15) is 12.6 Å². The lowest BCUT2D eigenvalue weighted by molar-refractivity contribution is -0.140. The van der Waals surface area contributed by atoms with Gasteiger partial charge in [-0.25, -0.2) is 4.79 Å². The molecular formula is C11H14N4O4. The molecule has 0 aliphatic heterocycles. The number of nitrogens with zero attached hydrogens (tertiary/aromatic N) is 3. The lowest BCUT2D eigenvalue weighted by Crippen LogP contribution is -2.22. The molecule has 0 unspecified atom stereocenters.